The van der Waals surface area contributed by atoms with E-state index in [1.165, 1.54) is 24.0 Å². The van der Waals surface area contributed by atoms with Crippen molar-refractivity contribution in [2.45, 2.75) is 45.2 Å². The molecule has 0 spiro atoms. The minimum atomic E-state index is -0.590. The molecule has 184 valence electrons. The molecule has 3 aromatic rings. The van der Waals surface area contributed by atoms with Crippen molar-refractivity contribution < 1.29 is 9.53 Å². The Morgan fingerprint density at radius 3 is 2.26 bits per heavy atom. The van der Waals surface area contributed by atoms with Gasteiger partial charge >= 0.3 is 5.97 Å². The second-order valence-electron chi connectivity index (χ2n) is 10.3. The van der Waals surface area contributed by atoms with Gasteiger partial charge in [0.1, 0.15) is 5.92 Å². The van der Waals surface area contributed by atoms with Crippen LogP contribution in [0.2, 0.25) is 0 Å². The Kier molecular flexibility index (Phi) is 6.73. The molecule has 0 bridgehead atoms. The molecule has 0 amide bonds. The summed E-state index contributed by atoms with van der Waals surface area (Å²) in [4.78, 5) is 34.0. The molecule has 1 aromatic heterocycles. The summed E-state index contributed by atoms with van der Waals surface area (Å²) in [5, 5.41) is 0. The third-order valence-corrected chi connectivity index (χ3v) is 7.58. The third kappa shape index (κ3) is 4.82. The van der Waals surface area contributed by atoms with Crippen LogP contribution in [0.15, 0.2) is 58.3 Å². The number of fused-ring (bicyclic) bond motifs is 1. The van der Waals surface area contributed by atoms with Gasteiger partial charge in [-0.05, 0) is 47.2 Å². The number of hydrogen-bond acceptors (Lipinski definition) is 6. The molecule has 1 aliphatic heterocycles. The zero-order valence-electron chi connectivity index (χ0n) is 21.4. The number of nitrogens with zero attached hydrogens (tertiary/aromatic N) is 3. The maximum Gasteiger partial charge on any atom is 0.313 e. The quantitative estimate of drug-likeness (QED) is 0.524. The van der Waals surface area contributed by atoms with E-state index in [1.807, 2.05) is 68.4 Å². The van der Waals surface area contributed by atoms with Gasteiger partial charge in [-0.3, -0.25) is 19.1 Å². The maximum atomic E-state index is 13.7. The number of aromatic nitrogens is 1. The zero-order valence-corrected chi connectivity index (χ0v) is 22.2. The Bertz CT molecular complexity index is 1390. The lowest BCUT2D eigenvalue weighted by atomic mass is 9.83. The standard InChI is InChI=1S/C28H33N3O3S/c1-17-23(26(33)34-7)24(19-10-12-20(13-11-19)28(2,3)4)31-25(32)22(35-27(31)29-17)16-18-8-14-21(15-9-18)30(5)6/h8-17,23-24H,1-7H3. The van der Waals surface area contributed by atoms with Crippen molar-refractivity contribution in [3.8, 4) is 0 Å². The summed E-state index contributed by atoms with van der Waals surface area (Å²) < 4.78 is 7.43. The first-order valence-electron chi connectivity index (χ1n) is 11.8. The Balaban J connectivity index is 1.87. The summed E-state index contributed by atoms with van der Waals surface area (Å²) in [5.74, 6) is -0.952. The highest BCUT2D eigenvalue weighted by molar-refractivity contribution is 7.07. The number of benzene rings is 2. The Labute approximate surface area is 210 Å². The fourth-order valence-corrected chi connectivity index (χ4v) is 5.61. The molecule has 3 unspecified atom stereocenters. The number of hydrogen-bond donors (Lipinski definition) is 0. The molecule has 2 heterocycles. The van der Waals surface area contributed by atoms with Gasteiger partial charge in [0.25, 0.3) is 5.56 Å². The van der Waals surface area contributed by atoms with E-state index in [9.17, 15) is 9.59 Å². The molecule has 0 radical (unpaired) electrons. The monoisotopic (exact) mass is 491 g/mol. The van der Waals surface area contributed by atoms with E-state index in [0.717, 1.165) is 16.8 Å². The lowest BCUT2D eigenvalue weighted by Gasteiger charge is -2.32. The predicted octanol–water partition coefficient (Wildman–Crippen LogP) is 3.50. The smallest absolute Gasteiger partial charge is 0.313 e. The minimum absolute atomic E-state index is 0.00408. The summed E-state index contributed by atoms with van der Waals surface area (Å²) in [6.45, 7) is 8.40. The van der Waals surface area contributed by atoms with Crippen LogP contribution in [-0.2, 0) is 14.9 Å². The van der Waals surface area contributed by atoms with Gasteiger partial charge in [-0.15, -0.1) is 0 Å². The maximum absolute atomic E-state index is 13.7. The second kappa shape index (κ2) is 9.46. The molecule has 0 aliphatic carbocycles. The third-order valence-electron chi connectivity index (χ3n) is 6.59. The molecule has 2 aromatic carbocycles. The Morgan fingerprint density at radius 2 is 1.71 bits per heavy atom. The van der Waals surface area contributed by atoms with Gasteiger partial charge in [0.05, 0.1) is 23.7 Å². The normalized spacial score (nSPS) is 20.2. The highest BCUT2D eigenvalue weighted by atomic mass is 32.1. The number of ether oxygens (including phenoxy) is 1. The van der Waals surface area contributed by atoms with Crippen LogP contribution in [0.5, 0.6) is 0 Å². The molecule has 0 fully saturated rings. The lowest BCUT2D eigenvalue weighted by molar-refractivity contribution is -0.147. The van der Waals surface area contributed by atoms with E-state index in [4.69, 9.17) is 9.73 Å². The largest absolute Gasteiger partial charge is 0.469 e. The van der Waals surface area contributed by atoms with Crippen molar-refractivity contribution in [2.24, 2.45) is 10.9 Å². The highest BCUT2D eigenvalue weighted by Gasteiger charge is 2.40. The van der Waals surface area contributed by atoms with Crippen LogP contribution in [0.25, 0.3) is 6.08 Å². The molecule has 3 atom stereocenters. The Hall–Kier alpha value is -3.19. The molecule has 0 N–H and O–H groups in total. The molecule has 1 aliphatic rings. The van der Waals surface area contributed by atoms with Crippen molar-refractivity contribution in [2.75, 3.05) is 26.1 Å². The summed E-state index contributed by atoms with van der Waals surface area (Å²) in [7, 11) is 5.37. The summed E-state index contributed by atoms with van der Waals surface area (Å²) >= 11 is 1.36. The number of methoxy groups -OCH3 is 1. The van der Waals surface area contributed by atoms with Gasteiger partial charge < -0.3 is 9.64 Å². The summed E-state index contributed by atoms with van der Waals surface area (Å²) in [5.41, 5.74) is 3.99. The van der Waals surface area contributed by atoms with Crippen molar-refractivity contribution in [3.63, 3.8) is 0 Å². The molecule has 4 rings (SSSR count). The first-order valence-corrected chi connectivity index (χ1v) is 12.6. The van der Waals surface area contributed by atoms with Gasteiger partial charge in [-0.2, -0.15) is 0 Å². The fourth-order valence-electron chi connectivity index (χ4n) is 4.52. The molecule has 0 saturated carbocycles. The van der Waals surface area contributed by atoms with E-state index in [1.54, 1.807) is 4.57 Å². The van der Waals surface area contributed by atoms with Crippen molar-refractivity contribution in [1.29, 1.82) is 0 Å². The van der Waals surface area contributed by atoms with Crippen LogP contribution in [0, 0.1) is 5.92 Å². The first kappa shape index (κ1) is 24.9. The average molecular weight is 492 g/mol. The zero-order chi connectivity index (χ0) is 25.5. The van der Waals surface area contributed by atoms with Gasteiger partial charge in [0.15, 0.2) is 4.80 Å². The fraction of sp³-hybridized carbons (Fsp3) is 0.393. The number of rotatable bonds is 4. The lowest BCUT2D eigenvalue weighted by Crippen LogP contribution is -2.47. The number of esters is 1. The minimum Gasteiger partial charge on any atom is -0.469 e. The molecule has 7 heteroatoms. The van der Waals surface area contributed by atoms with Gasteiger partial charge in [-0.1, -0.05) is 68.5 Å². The van der Waals surface area contributed by atoms with E-state index in [-0.39, 0.29) is 23.0 Å². The second-order valence-corrected chi connectivity index (χ2v) is 11.3. The van der Waals surface area contributed by atoms with E-state index in [0.29, 0.717) is 9.33 Å². The van der Waals surface area contributed by atoms with Gasteiger partial charge in [0.2, 0.25) is 0 Å². The van der Waals surface area contributed by atoms with Crippen molar-refractivity contribution >= 4 is 29.1 Å². The Morgan fingerprint density at radius 1 is 1.09 bits per heavy atom. The summed E-state index contributed by atoms with van der Waals surface area (Å²) in [6.07, 6.45) is 1.89. The topological polar surface area (TPSA) is 63.9 Å². The van der Waals surface area contributed by atoms with E-state index < -0.39 is 12.0 Å². The highest BCUT2D eigenvalue weighted by Crippen LogP contribution is 2.33. The number of carbonyl (C=O) groups excluding carboxylic acids is 1. The van der Waals surface area contributed by atoms with E-state index >= 15 is 0 Å². The predicted molar refractivity (Wildman–Crippen MR) is 142 cm³/mol. The van der Waals surface area contributed by atoms with Crippen LogP contribution in [0.4, 0.5) is 5.69 Å². The van der Waals surface area contributed by atoms with E-state index in [2.05, 4.69) is 32.9 Å². The van der Waals surface area contributed by atoms with Crippen LogP contribution < -0.4 is 19.8 Å². The number of anilines is 1. The molecular weight excluding hydrogens is 458 g/mol. The molecular formula is C28H33N3O3S. The van der Waals surface area contributed by atoms with Crippen molar-refractivity contribution in [1.82, 2.24) is 4.57 Å². The molecule has 6 nitrogen and oxygen atoms in total. The van der Waals surface area contributed by atoms with Crippen LogP contribution in [0.1, 0.15) is 50.4 Å². The average Bonchev–Trinajstić information content (AvgIpc) is 3.12. The van der Waals surface area contributed by atoms with Gasteiger partial charge in [0, 0.05) is 19.8 Å². The molecule has 0 saturated heterocycles. The van der Waals surface area contributed by atoms with Gasteiger partial charge in [-0.25, -0.2) is 0 Å². The number of carbonyl (C=O) groups is 1. The van der Waals surface area contributed by atoms with Crippen LogP contribution >= 0.6 is 11.3 Å². The molecule has 35 heavy (non-hydrogen) atoms. The summed E-state index contributed by atoms with van der Waals surface area (Å²) in [6, 6.07) is 15.4. The van der Waals surface area contributed by atoms with Crippen LogP contribution in [-0.4, -0.2) is 37.8 Å². The first-order chi connectivity index (χ1) is 16.5. The van der Waals surface area contributed by atoms with Crippen molar-refractivity contribution in [3.05, 3.63) is 84.9 Å². The van der Waals surface area contributed by atoms with Crippen LogP contribution in [0.3, 0.4) is 0 Å². The number of thiazole rings is 1. The SMILES string of the molecule is COC(=O)C1C(C)N=c2sc(=Cc3ccc(N(C)C)cc3)c(=O)n2C1c1ccc(C(C)(C)C)cc1.